The molecule has 2 N–H and O–H groups in total. The third-order valence-electron chi connectivity index (χ3n) is 3.87. The first-order valence-electron chi connectivity index (χ1n) is 7.08. The predicted molar refractivity (Wildman–Crippen MR) is 89.2 cm³/mol. The van der Waals surface area contributed by atoms with Crippen LogP contribution >= 0.6 is 23.4 Å². The molecule has 3 rings (SSSR count). The summed E-state index contributed by atoms with van der Waals surface area (Å²) in [6.45, 7) is 2.58. The Kier molecular flexibility index (Phi) is 4.43. The van der Waals surface area contributed by atoms with Gasteiger partial charge in [0.2, 0.25) is 0 Å². The summed E-state index contributed by atoms with van der Waals surface area (Å²) >= 11 is 8.01. The molecule has 1 unspecified atom stereocenters. The number of aromatic hydroxyl groups is 1. The zero-order valence-electron chi connectivity index (χ0n) is 11.9. The summed E-state index contributed by atoms with van der Waals surface area (Å²) in [7, 11) is 0. The maximum absolute atomic E-state index is 10.1. The molecule has 2 aromatic carbocycles. The zero-order valence-corrected chi connectivity index (χ0v) is 13.5. The molecule has 0 radical (unpaired) electrons. The van der Waals surface area contributed by atoms with Gasteiger partial charge in [0.25, 0.3) is 0 Å². The van der Waals surface area contributed by atoms with Gasteiger partial charge in [0, 0.05) is 28.1 Å². The van der Waals surface area contributed by atoms with Gasteiger partial charge in [-0.15, -0.1) is 11.8 Å². The summed E-state index contributed by atoms with van der Waals surface area (Å²) in [5.74, 6) is 1.49. The van der Waals surface area contributed by atoms with Gasteiger partial charge in [-0.3, -0.25) is 0 Å². The highest BCUT2D eigenvalue weighted by Gasteiger charge is 2.20. The van der Waals surface area contributed by atoms with Crippen LogP contribution in [0.25, 0.3) is 0 Å². The maximum Gasteiger partial charge on any atom is 0.122 e. The number of aryl methyl sites for hydroxylation is 1. The van der Waals surface area contributed by atoms with Crippen molar-refractivity contribution >= 4 is 23.4 Å². The van der Waals surface area contributed by atoms with Gasteiger partial charge in [-0.05, 0) is 48.4 Å². The molecule has 1 heterocycles. The first-order valence-corrected chi connectivity index (χ1v) is 8.44. The Hall–Kier alpha value is -1.16. The lowest BCUT2D eigenvalue weighted by molar-refractivity contribution is 0.450. The van der Waals surface area contributed by atoms with Gasteiger partial charge in [0.15, 0.2) is 0 Å². The lowest BCUT2D eigenvalue weighted by Crippen LogP contribution is -2.24. The van der Waals surface area contributed by atoms with Crippen molar-refractivity contribution in [1.29, 1.82) is 0 Å². The number of benzene rings is 2. The van der Waals surface area contributed by atoms with E-state index in [9.17, 15) is 5.11 Å². The monoisotopic (exact) mass is 319 g/mol. The van der Waals surface area contributed by atoms with Crippen molar-refractivity contribution in [3.8, 4) is 5.75 Å². The highest BCUT2D eigenvalue weighted by molar-refractivity contribution is 7.99. The van der Waals surface area contributed by atoms with E-state index in [1.165, 1.54) is 10.5 Å². The van der Waals surface area contributed by atoms with E-state index in [0.29, 0.717) is 18.3 Å². The molecule has 21 heavy (non-hydrogen) atoms. The molecule has 0 aromatic heterocycles. The second kappa shape index (κ2) is 6.30. The minimum Gasteiger partial charge on any atom is -0.507 e. The van der Waals surface area contributed by atoms with Crippen molar-refractivity contribution in [3.63, 3.8) is 0 Å². The number of thioether (sulfide) groups is 1. The molecule has 110 valence electrons. The molecule has 4 heteroatoms. The Morgan fingerprint density at radius 3 is 3.05 bits per heavy atom. The molecule has 1 aliphatic rings. The Balaban J connectivity index is 1.78. The molecule has 0 bridgehead atoms. The number of fused-ring (bicyclic) bond motifs is 1. The summed E-state index contributed by atoms with van der Waals surface area (Å²) in [6, 6.07) is 12.3. The highest BCUT2D eigenvalue weighted by Crippen LogP contribution is 2.37. The van der Waals surface area contributed by atoms with Crippen LogP contribution in [-0.4, -0.2) is 10.9 Å². The second-order valence-corrected chi connectivity index (χ2v) is 6.91. The van der Waals surface area contributed by atoms with Crippen LogP contribution in [0, 0.1) is 6.92 Å². The lowest BCUT2D eigenvalue weighted by Gasteiger charge is -2.26. The van der Waals surface area contributed by atoms with E-state index in [1.807, 2.05) is 43.0 Å². The fourth-order valence-electron chi connectivity index (χ4n) is 2.67. The van der Waals surface area contributed by atoms with Crippen LogP contribution in [-0.2, 0) is 6.54 Å². The summed E-state index contributed by atoms with van der Waals surface area (Å²) < 4.78 is 0. The molecule has 0 amide bonds. The van der Waals surface area contributed by atoms with E-state index in [-0.39, 0.29) is 0 Å². The molecular weight excluding hydrogens is 302 g/mol. The molecule has 2 aromatic rings. The SMILES string of the molecule is Cc1cccc(CNC2CCSc3ccc(Cl)cc32)c1O. The highest BCUT2D eigenvalue weighted by atomic mass is 35.5. The average Bonchev–Trinajstić information content (AvgIpc) is 2.49. The van der Waals surface area contributed by atoms with E-state index in [1.54, 1.807) is 0 Å². The fraction of sp³-hybridized carbons (Fsp3) is 0.294. The van der Waals surface area contributed by atoms with Crippen LogP contribution in [0.15, 0.2) is 41.3 Å². The number of rotatable bonds is 3. The van der Waals surface area contributed by atoms with Gasteiger partial charge in [-0.2, -0.15) is 0 Å². The van der Waals surface area contributed by atoms with E-state index in [2.05, 4.69) is 17.4 Å². The molecule has 0 saturated carbocycles. The molecular formula is C17H18ClNOS. The first-order chi connectivity index (χ1) is 10.1. The number of nitrogens with one attached hydrogen (secondary N) is 1. The molecule has 0 fully saturated rings. The van der Waals surface area contributed by atoms with Crippen molar-refractivity contribution in [1.82, 2.24) is 5.32 Å². The maximum atomic E-state index is 10.1. The first kappa shape index (κ1) is 14.8. The standard InChI is InChI=1S/C17H18ClNOS/c1-11-3-2-4-12(17(11)20)10-19-15-7-8-21-16-6-5-13(18)9-14(15)16/h2-6,9,15,19-20H,7-8,10H2,1H3. The number of phenolic OH excluding ortho intramolecular Hbond substituents is 1. The Bertz CT molecular complexity index is 659. The summed E-state index contributed by atoms with van der Waals surface area (Å²) in [4.78, 5) is 1.30. The van der Waals surface area contributed by atoms with Crippen molar-refractivity contribution in [3.05, 3.63) is 58.1 Å². The largest absolute Gasteiger partial charge is 0.507 e. The van der Waals surface area contributed by atoms with E-state index >= 15 is 0 Å². The number of hydrogen-bond acceptors (Lipinski definition) is 3. The van der Waals surface area contributed by atoms with Gasteiger partial charge in [0.1, 0.15) is 5.75 Å². The van der Waals surface area contributed by atoms with E-state index in [4.69, 9.17) is 11.6 Å². The number of halogens is 1. The van der Waals surface area contributed by atoms with Crippen LogP contribution in [0.5, 0.6) is 5.75 Å². The van der Waals surface area contributed by atoms with Gasteiger partial charge in [0.05, 0.1) is 0 Å². The van der Waals surface area contributed by atoms with Crippen LogP contribution in [0.3, 0.4) is 0 Å². The van der Waals surface area contributed by atoms with Gasteiger partial charge < -0.3 is 10.4 Å². The van der Waals surface area contributed by atoms with Crippen LogP contribution in [0.4, 0.5) is 0 Å². The number of phenols is 1. The van der Waals surface area contributed by atoms with E-state index in [0.717, 1.165) is 28.3 Å². The van der Waals surface area contributed by atoms with Crippen LogP contribution in [0.1, 0.15) is 29.2 Å². The summed E-state index contributed by atoms with van der Waals surface area (Å²) in [5.41, 5.74) is 3.12. The van der Waals surface area contributed by atoms with Gasteiger partial charge >= 0.3 is 0 Å². The van der Waals surface area contributed by atoms with Crippen molar-refractivity contribution in [2.75, 3.05) is 5.75 Å². The predicted octanol–water partition coefficient (Wildman–Crippen LogP) is 4.68. The van der Waals surface area contributed by atoms with Crippen molar-refractivity contribution in [2.24, 2.45) is 0 Å². The molecule has 2 nitrogen and oxygen atoms in total. The third-order valence-corrected chi connectivity index (χ3v) is 5.23. The third kappa shape index (κ3) is 3.20. The average molecular weight is 320 g/mol. The lowest BCUT2D eigenvalue weighted by atomic mass is 10.0. The smallest absolute Gasteiger partial charge is 0.122 e. The summed E-state index contributed by atoms with van der Waals surface area (Å²) in [5, 5.41) is 14.4. The molecule has 0 saturated heterocycles. The summed E-state index contributed by atoms with van der Waals surface area (Å²) in [6.07, 6.45) is 1.07. The quantitative estimate of drug-likeness (QED) is 0.861. The Morgan fingerprint density at radius 2 is 2.19 bits per heavy atom. The molecule has 0 aliphatic carbocycles. The topological polar surface area (TPSA) is 32.3 Å². The van der Waals surface area contributed by atoms with Gasteiger partial charge in [-0.25, -0.2) is 0 Å². The minimum atomic E-state index is 0.292. The normalized spacial score (nSPS) is 17.5. The van der Waals surface area contributed by atoms with Crippen LogP contribution in [0.2, 0.25) is 5.02 Å². The Morgan fingerprint density at radius 1 is 1.33 bits per heavy atom. The van der Waals surface area contributed by atoms with E-state index < -0.39 is 0 Å². The molecule has 0 spiro atoms. The number of hydrogen-bond donors (Lipinski definition) is 2. The van der Waals surface area contributed by atoms with Gasteiger partial charge in [-0.1, -0.05) is 29.8 Å². The minimum absolute atomic E-state index is 0.292. The van der Waals surface area contributed by atoms with Crippen LogP contribution < -0.4 is 5.32 Å². The molecule has 1 atom stereocenters. The van der Waals surface area contributed by atoms with Crippen molar-refractivity contribution < 1.29 is 5.11 Å². The fourth-order valence-corrected chi connectivity index (χ4v) is 3.96. The van der Waals surface area contributed by atoms with Crippen molar-refractivity contribution in [2.45, 2.75) is 30.8 Å². The number of para-hydroxylation sites is 1. The zero-order chi connectivity index (χ0) is 14.8. The second-order valence-electron chi connectivity index (χ2n) is 5.34. The molecule has 1 aliphatic heterocycles. The Labute approximate surface area is 134 Å².